The predicted octanol–water partition coefficient (Wildman–Crippen LogP) is 2.45. The Hall–Kier alpha value is -0.680. The number of likely N-dealkylation sites (N-methyl/N-ethyl adjacent to an activating group) is 1. The molecule has 0 saturated carbocycles. The lowest BCUT2D eigenvalue weighted by Crippen LogP contribution is -2.33. The van der Waals surface area contributed by atoms with E-state index < -0.39 is 0 Å². The molecule has 0 bridgehead atoms. The summed E-state index contributed by atoms with van der Waals surface area (Å²) in [6, 6.07) is 4.44. The van der Waals surface area contributed by atoms with E-state index in [1.807, 2.05) is 18.9 Å². The van der Waals surface area contributed by atoms with E-state index in [9.17, 15) is 4.39 Å². The SMILES string of the molecule is CCOCCN(C)C(CN)c1c(F)cccc1Cl. The number of benzene rings is 1. The Morgan fingerprint density at radius 1 is 1.50 bits per heavy atom. The minimum atomic E-state index is -0.318. The molecule has 102 valence electrons. The van der Waals surface area contributed by atoms with Crippen LogP contribution in [0.4, 0.5) is 4.39 Å². The van der Waals surface area contributed by atoms with Crippen LogP contribution in [0.25, 0.3) is 0 Å². The van der Waals surface area contributed by atoms with Gasteiger partial charge in [0.1, 0.15) is 5.82 Å². The van der Waals surface area contributed by atoms with Crippen molar-refractivity contribution in [2.75, 3.05) is 33.4 Å². The Bertz CT molecular complexity index is 356. The first-order chi connectivity index (χ1) is 8.61. The molecule has 0 amide bonds. The van der Waals surface area contributed by atoms with Crippen molar-refractivity contribution in [2.45, 2.75) is 13.0 Å². The highest BCUT2D eigenvalue weighted by molar-refractivity contribution is 6.31. The van der Waals surface area contributed by atoms with Crippen LogP contribution >= 0.6 is 11.6 Å². The van der Waals surface area contributed by atoms with Crippen LogP contribution in [-0.4, -0.2) is 38.3 Å². The van der Waals surface area contributed by atoms with Gasteiger partial charge in [-0.2, -0.15) is 0 Å². The van der Waals surface area contributed by atoms with Gasteiger partial charge >= 0.3 is 0 Å². The van der Waals surface area contributed by atoms with Crippen molar-refractivity contribution >= 4 is 11.6 Å². The first kappa shape index (κ1) is 15.4. The second kappa shape index (κ2) is 7.69. The average molecular weight is 275 g/mol. The summed E-state index contributed by atoms with van der Waals surface area (Å²) in [7, 11) is 1.89. The fraction of sp³-hybridized carbons (Fsp3) is 0.538. The van der Waals surface area contributed by atoms with Crippen LogP contribution in [0.5, 0.6) is 0 Å². The summed E-state index contributed by atoms with van der Waals surface area (Å²) >= 11 is 6.05. The van der Waals surface area contributed by atoms with E-state index in [-0.39, 0.29) is 11.9 Å². The Morgan fingerprint density at radius 3 is 2.78 bits per heavy atom. The molecule has 1 rings (SSSR count). The summed E-state index contributed by atoms with van der Waals surface area (Å²) in [5.74, 6) is -0.318. The van der Waals surface area contributed by atoms with E-state index in [0.717, 1.165) is 0 Å². The Morgan fingerprint density at radius 2 is 2.22 bits per heavy atom. The van der Waals surface area contributed by atoms with Gasteiger partial charge in [-0.1, -0.05) is 17.7 Å². The molecule has 3 nitrogen and oxygen atoms in total. The zero-order chi connectivity index (χ0) is 13.5. The molecule has 0 radical (unpaired) electrons. The van der Waals surface area contributed by atoms with Crippen LogP contribution in [-0.2, 0) is 4.74 Å². The Labute approximate surface area is 113 Å². The molecular weight excluding hydrogens is 255 g/mol. The van der Waals surface area contributed by atoms with Crippen molar-refractivity contribution in [3.05, 3.63) is 34.6 Å². The first-order valence-electron chi connectivity index (χ1n) is 6.03. The minimum Gasteiger partial charge on any atom is -0.380 e. The lowest BCUT2D eigenvalue weighted by molar-refractivity contribution is 0.108. The van der Waals surface area contributed by atoms with Gasteiger partial charge in [-0.05, 0) is 26.1 Å². The number of hydrogen-bond donors (Lipinski definition) is 1. The van der Waals surface area contributed by atoms with Crippen molar-refractivity contribution < 1.29 is 9.13 Å². The molecule has 0 spiro atoms. The van der Waals surface area contributed by atoms with Gasteiger partial charge in [0.25, 0.3) is 0 Å². The molecule has 1 atom stereocenters. The third-order valence-corrected chi connectivity index (χ3v) is 3.21. The quantitative estimate of drug-likeness (QED) is 0.776. The third-order valence-electron chi connectivity index (χ3n) is 2.88. The highest BCUT2D eigenvalue weighted by Gasteiger charge is 2.21. The molecule has 0 saturated heterocycles. The maximum Gasteiger partial charge on any atom is 0.129 e. The van der Waals surface area contributed by atoms with Crippen LogP contribution in [0.15, 0.2) is 18.2 Å². The van der Waals surface area contributed by atoms with Crippen LogP contribution in [0.2, 0.25) is 5.02 Å². The Kier molecular flexibility index (Phi) is 6.57. The standard InChI is InChI=1S/C13H20ClFN2O/c1-3-18-8-7-17(2)12(9-16)13-10(14)5-4-6-11(13)15/h4-6,12H,3,7-9,16H2,1-2H3. The topological polar surface area (TPSA) is 38.5 Å². The molecule has 2 N–H and O–H groups in total. The third kappa shape index (κ3) is 3.92. The van der Waals surface area contributed by atoms with Gasteiger partial charge in [-0.25, -0.2) is 4.39 Å². The molecule has 1 aromatic rings. The van der Waals surface area contributed by atoms with Crippen molar-refractivity contribution in [3.8, 4) is 0 Å². The van der Waals surface area contributed by atoms with Crippen molar-refractivity contribution in [1.29, 1.82) is 0 Å². The molecule has 0 aliphatic heterocycles. The number of rotatable bonds is 7. The molecule has 18 heavy (non-hydrogen) atoms. The summed E-state index contributed by atoms with van der Waals surface area (Å²) in [4.78, 5) is 1.96. The zero-order valence-electron chi connectivity index (χ0n) is 10.8. The summed E-state index contributed by atoms with van der Waals surface area (Å²) in [5, 5.41) is 0.411. The smallest absolute Gasteiger partial charge is 0.129 e. The highest BCUT2D eigenvalue weighted by Crippen LogP contribution is 2.28. The molecule has 0 aliphatic rings. The van der Waals surface area contributed by atoms with Gasteiger partial charge in [0, 0.05) is 30.3 Å². The van der Waals surface area contributed by atoms with Gasteiger partial charge in [-0.15, -0.1) is 0 Å². The van der Waals surface area contributed by atoms with E-state index in [4.69, 9.17) is 22.1 Å². The number of halogens is 2. The zero-order valence-corrected chi connectivity index (χ0v) is 11.6. The van der Waals surface area contributed by atoms with Crippen LogP contribution < -0.4 is 5.73 Å². The fourth-order valence-electron chi connectivity index (χ4n) is 1.86. The lowest BCUT2D eigenvalue weighted by atomic mass is 10.0. The summed E-state index contributed by atoms with van der Waals surface area (Å²) in [5.41, 5.74) is 6.20. The maximum absolute atomic E-state index is 13.8. The number of nitrogens with zero attached hydrogens (tertiary/aromatic N) is 1. The van der Waals surface area contributed by atoms with E-state index in [0.29, 0.717) is 36.9 Å². The molecule has 5 heteroatoms. The summed E-state index contributed by atoms with van der Waals surface area (Å²) < 4.78 is 19.1. The summed E-state index contributed by atoms with van der Waals surface area (Å²) in [6.07, 6.45) is 0. The second-order valence-corrected chi connectivity index (χ2v) is 4.47. The monoisotopic (exact) mass is 274 g/mol. The van der Waals surface area contributed by atoms with Gasteiger partial charge in [0.15, 0.2) is 0 Å². The number of ether oxygens (including phenoxy) is 1. The van der Waals surface area contributed by atoms with Gasteiger partial charge in [0.05, 0.1) is 12.6 Å². The number of hydrogen-bond acceptors (Lipinski definition) is 3. The van der Waals surface area contributed by atoms with Crippen LogP contribution in [0.1, 0.15) is 18.5 Å². The van der Waals surface area contributed by atoms with E-state index in [1.165, 1.54) is 6.07 Å². The molecule has 0 aliphatic carbocycles. The number of nitrogens with two attached hydrogens (primary N) is 1. The van der Waals surface area contributed by atoms with Crippen LogP contribution in [0, 0.1) is 5.82 Å². The molecule has 0 aromatic heterocycles. The largest absolute Gasteiger partial charge is 0.380 e. The molecule has 1 unspecified atom stereocenters. The van der Waals surface area contributed by atoms with Crippen molar-refractivity contribution in [1.82, 2.24) is 4.90 Å². The predicted molar refractivity (Wildman–Crippen MR) is 72.3 cm³/mol. The second-order valence-electron chi connectivity index (χ2n) is 4.06. The van der Waals surface area contributed by atoms with Gasteiger partial charge in [0.2, 0.25) is 0 Å². The van der Waals surface area contributed by atoms with Crippen molar-refractivity contribution in [2.24, 2.45) is 5.73 Å². The molecule has 0 fully saturated rings. The van der Waals surface area contributed by atoms with Crippen LogP contribution in [0.3, 0.4) is 0 Å². The van der Waals surface area contributed by atoms with Gasteiger partial charge < -0.3 is 10.5 Å². The van der Waals surface area contributed by atoms with Crippen molar-refractivity contribution in [3.63, 3.8) is 0 Å². The maximum atomic E-state index is 13.8. The molecule has 0 heterocycles. The van der Waals surface area contributed by atoms with E-state index in [2.05, 4.69) is 0 Å². The van der Waals surface area contributed by atoms with Gasteiger partial charge in [-0.3, -0.25) is 4.90 Å². The molecular formula is C13H20ClFN2O. The molecule has 1 aromatic carbocycles. The Balaban J connectivity index is 2.82. The van der Waals surface area contributed by atoms with E-state index >= 15 is 0 Å². The van der Waals surface area contributed by atoms with E-state index in [1.54, 1.807) is 12.1 Å². The fourth-order valence-corrected chi connectivity index (χ4v) is 2.14. The summed E-state index contributed by atoms with van der Waals surface area (Å²) in [6.45, 7) is 4.19. The minimum absolute atomic E-state index is 0.237. The lowest BCUT2D eigenvalue weighted by Gasteiger charge is -2.28. The highest BCUT2D eigenvalue weighted by atomic mass is 35.5. The normalized spacial score (nSPS) is 13.0. The first-order valence-corrected chi connectivity index (χ1v) is 6.41. The average Bonchev–Trinajstić information content (AvgIpc) is 2.34.